The van der Waals surface area contributed by atoms with Crippen molar-refractivity contribution in [1.29, 1.82) is 0 Å². The molecule has 100 valence electrons. The quantitative estimate of drug-likeness (QED) is 0.929. The molecule has 1 saturated heterocycles. The van der Waals surface area contributed by atoms with Crippen LogP contribution in [0.15, 0.2) is 34.9 Å². The molecule has 1 aromatic carbocycles. The monoisotopic (exact) mass is 275 g/mol. The van der Waals surface area contributed by atoms with E-state index in [0.29, 0.717) is 17.8 Å². The van der Waals surface area contributed by atoms with E-state index in [-0.39, 0.29) is 0 Å². The summed E-state index contributed by atoms with van der Waals surface area (Å²) in [5.41, 5.74) is 1.00. The fourth-order valence-electron chi connectivity index (χ4n) is 2.35. The molecule has 0 radical (unpaired) electrons. The predicted molar refractivity (Wildman–Crippen MR) is 77.3 cm³/mol. The van der Waals surface area contributed by atoms with Gasteiger partial charge in [0.25, 0.3) is 0 Å². The Hall–Kier alpha value is -1.33. The van der Waals surface area contributed by atoms with Gasteiger partial charge in [0.1, 0.15) is 0 Å². The molecule has 3 rings (SSSR count). The van der Waals surface area contributed by atoms with Crippen molar-refractivity contribution >= 4 is 11.8 Å². The first-order valence-electron chi connectivity index (χ1n) is 6.58. The summed E-state index contributed by atoms with van der Waals surface area (Å²) in [5, 5.41) is 7.60. The average Bonchev–Trinajstić information content (AvgIpc) is 3.08. The third kappa shape index (κ3) is 2.67. The van der Waals surface area contributed by atoms with Crippen molar-refractivity contribution in [1.82, 2.24) is 15.5 Å². The van der Waals surface area contributed by atoms with Crippen LogP contribution in [0.25, 0.3) is 11.4 Å². The highest BCUT2D eigenvalue weighted by Crippen LogP contribution is 2.32. The molecule has 0 spiro atoms. The van der Waals surface area contributed by atoms with E-state index in [4.69, 9.17) is 4.52 Å². The van der Waals surface area contributed by atoms with Crippen LogP contribution >= 0.6 is 11.8 Å². The SMILES string of the molecule is CCNC1CSCC1c1nc(-c2ccccc2)no1. The number of likely N-dealkylation sites (N-methyl/N-ethyl adjacent to an activating group) is 1. The Morgan fingerprint density at radius 1 is 1.32 bits per heavy atom. The van der Waals surface area contributed by atoms with E-state index < -0.39 is 0 Å². The second-order valence-electron chi connectivity index (χ2n) is 4.63. The minimum Gasteiger partial charge on any atom is -0.339 e. The van der Waals surface area contributed by atoms with Crippen LogP contribution in [-0.4, -0.2) is 34.2 Å². The molecule has 5 heteroatoms. The Morgan fingerprint density at radius 3 is 2.95 bits per heavy atom. The summed E-state index contributed by atoms with van der Waals surface area (Å²) in [7, 11) is 0. The fraction of sp³-hybridized carbons (Fsp3) is 0.429. The van der Waals surface area contributed by atoms with Crippen LogP contribution in [0, 0.1) is 0 Å². The standard InChI is InChI=1S/C14H17N3OS/c1-2-15-12-9-19-8-11(12)14-16-13(17-18-14)10-6-4-3-5-7-10/h3-7,11-12,15H,2,8-9H2,1H3. The van der Waals surface area contributed by atoms with Gasteiger partial charge in [0, 0.05) is 23.1 Å². The van der Waals surface area contributed by atoms with Crippen LogP contribution < -0.4 is 5.32 Å². The van der Waals surface area contributed by atoms with Crippen LogP contribution in [0.3, 0.4) is 0 Å². The number of hydrogen-bond acceptors (Lipinski definition) is 5. The fourth-order valence-corrected chi connectivity index (χ4v) is 3.72. The van der Waals surface area contributed by atoms with E-state index in [1.54, 1.807) is 0 Å². The van der Waals surface area contributed by atoms with Gasteiger partial charge in [0.2, 0.25) is 11.7 Å². The summed E-state index contributed by atoms with van der Waals surface area (Å²) in [6, 6.07) is 10.4. The summed E-state index contributed by atoms with van der Waals surface area (Å²) in [6.45, 7) is 3.10. The zero-order chi connectivity index (χ0) is 13.1. The van der Waals surface area contributed by atoms with Crippen molar-refractivity contribution in [2.24, 2.45) is 0 Å². The zero-order valence-corrected chi connectivity index (χ0v) is 11.7. The zero-order valence-electron chi connectivity index (χ0n) is 10.9. The van der Waals surface area contributed by atoms with Gasteiger partial charge >= 0.3 is 0 Å². The second kappa shape index (κ2) is 5.75. The normalized spacial score (nSPS) is 22.8. The van der Waals surface area contributed by atoms with Crippen molar-refractivity contribution in [2.45, 2.75) is 18.9 Å². The third-order valence-electron chi connectivity index (χ3n) is 3.34. The van der Waals surface area contributed by atoms with Crippen molar-refractivity contribution < 1.29 is 4.52 Å². The molecule has 19 heavy (non-hydrogen) atoms. The Labute approximate surface area is 117 Å². The molecular weight excluding hydrogens is 258 g/mol. The van der Waals surface area contributed by atoms with Crippen molar-refractivity contribution in [3.63, 3.8) is 0 Å². The van der Waals surface area contributed by atoms with Crippen LogP contribution in [0.2, 0.25) is 0 Å². The van der Waals surface area contributed by atoms with E-state index in [1.165, 1.54) is 0 Å². The van der Waals surface area contributed by atoms with Crippen LogP contribution in [0.4, 0.5) is 0 Å². The number of nitrogens with one attached hydrogen (secondary N) is 1. The summed E-state index contributed by atoms with van der Waals surface area (Å²) in [4.78, 5) is 4.56. The first-order chi connectivity index (χ1) is 9.38. The highest BCUT2D eigenvalue weighted by molar-refractivity contribution is 7.99. The summed E-state index contributed by atoms with van der Waals surface area (Å²) >= 11 is 1.94. The summed E-state index contributed by atoms with van der Waals surface area (Å²) < 4.78 is 5.47. The van der Waals surface area contributed by atoms with Gasteiger partial charge in [-0.25, -0.2) is 0 Å². The highest BCUT2D eigenvalue weighted by Gasteiger charge is 2.32. The molecule has 0 bridgehead atoms. The van der Waals surface area contributed by atoms with Gasteiger partial charge in [-0.05, 0) is 6.54 Å². The van der Waals surface area contributed by atoms with Gasteiger partial charge in [-0.15, -0.1) is 0 Å². The first kappa shape index (κ1) is 12.7. The third-order valence-corrected chi connectivity index (χ3v) is 4.53. The maximum atomic E-state index is 5.47. The topological polar surface area (TPSA) is 51.0 Å². The molecule has 2 atom stereocenters. The number of benzene rings is 1. The molecule has 4 nitrogen and oxygen atoms in total. The molecular formula is C14H17N3OS. The summed E-state index contributed by atoms with van der Waals surface area (Å²) in [6.07, 6.45) is 0. The molecule has 1 N–H and O–H groups in total. The lowest BCUT2D eigenvalue weighted by molar-refractivity contribution is 0.340. The molecule has 1 aromatic heterocycles. The molecule has 1 aliphatic rings. The van der Waals surface area contributed by atoms with E-state index in [2.05, 4.69) is 22.4 Å². The van der Waals surface area contributed by atoms with Gasteiger partial charge in [-0.3, -0.25) is 0 Å². The maximum absolute atomic E-state index is 5.47. The van der Waals surface area contributed by atoms with Crippen LogP contribution in [0.5, 0.6) is 0 Å². The Kier molecular flexibility index (Phi) is 3.84. The number of nitrogens with zero attached hydrogens (tertiary/aromatic N) is 2. The molecule has 2 aromatic rings. The lowest BCUT2D eigenvalue weighted by atomic mass is 10.0. The largest absolute Gasteiger partial charge is 0.339 e. The van der Waals surface area contributed by atoms with Gasteiger partial charge < -0.3 is 9.84 Å². The lowest BCUT2D eigenvalue weighted by Crippen LogP contribution is -2.34. The second-order valence-corrected chi connectivity index (χ2v) is 5.71. The molecule has 2 unspecified atom stereocenters. The van der Waals surface area contributed by atoms with E-state index >= 15 is 0 Å². The van der Waals surface area contributed by atoms with Crippen LogP contribution in [0.1, 0.15) is 18.7 Å². The van der Waals surface area contributed by atoms with Crippen LogP contribution in [-0.2, 0) is 0 Å². The average molecular weight is 275 g/mol. The van der Waals surface area contributed by atoms with Gasteiger partial charge in [0.05, 0.1) is 5.92 Å². The van der Waals surface area contributed by atoms with Gasteiger partial charge in [0.15, 0.2) is 0 Å². The van der Waals surface area contributed by atoms with E-state index in [0.717, 1.165) is 29.5 Å². The Balaban J connectivity index is 1.81. The smallest absolute Gasteiger partial charge is 0.232 e. The molecule has 2 heterocycles. The van der Waals surface area contributed by atoms with Crippen molar-refractivity contribution in [3.8, 4) is 11.4 Å². The molecule has 1 aliphatic heterocycles. The van der Waals surface area contributed by atoms with Crippen molar-refractivity contribution in [2.75, 3.05) is 18.1 Å². The first-order valence-corrected chi connectivity index (χ1v) is 7.74. The number of rotatable bonds is 4. The molecule has 0 saturated carbocycles. The molecule has 0 aliphatic carbocycles. The van der Waals surface area contributed by atoms with E-state index in [9.17, 15) is 0 Å². The molecule has 0 amide bonds. The van der Waals surface area contributed by atoms with Gasteiger partial charge in [-0.1, -0.05) is 42.4 Å². The Morgan fingerprint density at radius 2 is 2.16 bits per heavy atom. The van der Waals surface area contributed by atoms with Gasteiger partial charge in [-0.2, -0.15) is 16.7 Å². The predicted octanol–water partition coefficient (Wildman–Crippen LogP) is 2.55. The number of hydrogen-bond donors (Lipinski definition) is 1. The minimum atomic E-state index is 0.329. The highest BCUT2D eigenvalue weighted by atomic mass is 32.2. The summed E-state index contributed by atoms with van der Waals surface area (Å²) in [5.74, 6) is 3.93. The Bertz CT molecular complexity index is 528. The maximum Gasteiger partial charge on any atom is 0.232 e. The number of aromatic nitrogens is 2. The van der Waals surface area contributed by atoms with Crippen molar-refractivity contribution in [3.05, 3.63) is 36.2 Å². The van der Waals surface area contributed by atoms with E-state index in [1.807, 2.05) is 42.1 Å². The lowest BCUT2D eigenvalue weighted by Gasteiger charge is -2.15. The minimum absolute atomic E-state index is 0.329. The number of thioether (sulfide) groups is 1. The molecule has 1 fully saturated rings.